The van der Waals surface area contributed by atoms with Gasteiger partial charge in [-0.1, -0.05) is 72.0 Å². The summed E-state index contributed by atoms with van der Waals surface area (Å²) in [6.07, 6.45) is 4.84. The van der Waals surface area contributed by atoms with Crippen LogP contribution in [0.2, 0.25) is 34.9 Å². The van der Waals surface area contributed by atoms with Crippen LogP contribution in [-0.2, 0) is 0 Å². The van der Waals surface area contributed by atoms with Crippen molar-refractivity contribution in [2.24, 2.45) is 0 Å². The van der Waals surface area contributed by atoms with E-state index in [1.807, 2.05) is 13.8 Å². The second kappa shape index (κ2) is 10.9. The molecule has 1 saturated carbocycles. The highest BCUT2D eigenvalue weighted by Crippen LogP contribution is 2.50. The fraction of sp³-hybridized carbons (Fsp3) is 0.615. The van der Waals surface area contributed by atoms with Gasteiger partial charge in [0.2, 0.25) is 5.82 Å². The second-order valence-electron chi connectivity index (χ2n) is 10.4. The molecule has 0 saturated heterocycles. The minimum absolute atomic E-state index is 0.0228. The Kier molecular flexibility index (Phi) is 8.72. The summed E-state index contributed by atoms with van der Waals surface area (Å²) in [7, 11) is -4.84. The SMILES string of the molecule is CC[Si](CC)(CC)C[Si](Oc1c(F)c(F)c2c(F)c(F)c(F)[c]c2c1F)(C(C)C)C1CCCCC1. The molecule has 0 spiro atoms. The summed E-state index contributed by atoms with van der Waals surface area (Å²) in [4.78, 5) is 0. The molecular weight excluding hydrogens is 498 g/mol. The third kappa shape index (κ3) is 4.91. The average Bonchev–Trinajstić information content (AvgIpc) is 2.86. The highest BCUT2D eigenvalue weighted by atomic mass is 28.4. The van der Waals surface area contributed by atoms with Crippen molar-refractivity contribution in [3.8, 4) is 5.75 Å². The number of fused-ring (bicyclic) bond motifs is 1. The van der Waals surface area contributed by atoms with Gasteiger partial charge in [-0.3, -0.25) is 0 Å². The van der Waals surface area contributed by atoms with Crippen molar-refractivity contribution < 1.29 is 30.8 Å². The lowest BCUT2D eigenvalue weighted by Crippen LogP contribution is -2.56. The lowest BCUT2D eigenvalue weighted by molar-refractivity contribution is 0.381. The van der Waals surface area contributed by atoms with Crippen LogP contribution >= 0.6 is 0 Å². The molecule has 0 N–H and O–H groups in total. The minimum Gasteiger partial charge on any atom is -0.539 e. The van der Waals surface area contributed by atoms with Crippen LogP contribution in [0.5, 0.6) is 5.75 Å². The summed E-state index contributed by atoms with van der Waals surface area (Å²) in [6.45, 7) is 10.5. The molecule has 1 aliphatic rings. The summed E-state index contributed by atoms with van der Waals surface area (Å²) in [5, 5.41) is -2.27. The molecule has 35 heavy (non-hydrogen) atoms. The molecule has 1 nitrogen and oxygen atoms in total. The molecule has 0 amide bonds. The Balaban J connectivity index is 2.28. The van der Waals surface area contributed by atoms with Gasteiger partial charge in [0.15, 0.2) is 34.8 Å². The van der Waals surface area contributed by atoms with Gasteiger partial charge in [-0.15, -0.1) is 0 Å². The molecule has 1 radical (unpaired) electrons. The van der Waals surface area contributed by atoms with Crippen LogP contribution in [0.3, 0.4) is 0 Å². The Morgan fingerprint density at radius 2 is 1.34 bits per heavy atom. The van der Waals surface area contributed by atoms with Crippen molar-refractivity contribution in [2.45, 2.75) is 102 Å². The van der Waals surface area contributed by atoms with E-state index in [4.69, 9.17) is 4.43 Å². The van der Waals surface area contributed by atoms with E-state index >= 15 is 13.2 Å². The second-order valence-corrected chi connectivity index (χ2v) is 21.0. The molecule has 1 fully saturated rings. The van der Waals surface area contributed by atoms with Crippen LogP contribution in [-0.4, -0.2) is 16.4 Å². The van der Waals surface area contributed by atoms with Crippen molar-refractivity contribution in [2.75, 3.05) is 0 Å². The van der Waals surface area contributed by atoms with Gasteiger partial charge < -0.3 is 4.43 Å². The molecule has 0 heterocycles. The maximum Gasteiger partial charge on any atom is 0.254 e. The third-order valence-electron chi connectivity index (χ3n) is 8.59. The Bertz CT molecular complexity index is 1060. The van der Waals surface area contributed by atoms with E-state index in [9.17, 15) is 13.2 Å². The molecule has 2 aromatic carbocycles. The first-order valence-corrected chi connectivity index (χ1v) is 17.8. The Hall–Kier alpha value is -1.49. The zero-order chi connectivity index (χ0) is 26.1. The van der Waals surface area contributed by atoms with Crippen LogP contribution in [0.25, 0.3) is 10.8 Å². The first-order valence-electron chi connectivity index (χ1n) is 12.7. The molecule has 2 aromatic rings. The summed E-state index contributed by atoms with van der Waals surface area (Å²) in [5.74, 6) is -11.6. The fourth-order valence-corrected chi connectivity index (χ4v) is 21.5. The summed E-state index contributed by atoms with van der Waals surface area (Å²) >= 11 is 0. The Labute approximate surface area is 206 Å². The van der Waals surface area contributed by atoms with Crippen LogP contribution in [0.4, 0.5) is 26.3 Å². The molecule has 0 aromatic heterocycles. The summed E-state index contributed by atoms with van der Waals surface area (Å²) < 4.78 is 94.4. The molecule has 0 aliphatic heterocycles. The van der Waals surface area contributed by atoms with Crippen LogP contribution in [0, 0.1) is 41.0 Å². The van der Waals surface area contributed by atoms with Gasteiger partial charge in [0, 0.05) is 11.5 Å². The maximum atomic E-state index is 15.7. The Morgan fingerprint density at radius 3 is 1.86 bits per heavy atom. The van der Waals surface area contributed by atoms with Gasteiger partial charge in [0.25, 0.3) is 8.32 Å². The molecule has 1 unspecified atom stereocenters. The molecule has 3 rings (SSSR count). The normalized spacial score (nSPS) is 17.3. The van der Waals surface area contributed by atoms with E-state index in [0.29, 0.717) is 0 Å². The van der Waals surface area contributed by atoms with E-state index < -0.39 is 67.8 Å². The third-order valence-corrected chi connectivity index (χ3v) is 22.8. The molecule has 195 valence electrons. The standard InChI is InChI=1S/C26H35F6OSi2/c1-6-34(7-2,8-3)15-35(16(4)5,17-12-10-9-11-13-17)33-26-21(28)18-14-19(27)22(29)23(30)20(18)24(31)25(26)32/h16-17H,6-13,15H2,1-5H3. The van der Waals surface area contributed by atoms with Crippen LogP contribution < -0.4 is 4.43 Å². The molecule has 0 bridgehead atoms. The van der Waals surface area contributed by atoms with Crippen molar-refractivity contribution in [3.05, 3.63) is 41.0 Å². The van der Waals surface area contributed by atoms with Crippen LogP contribution in [0.1, 0.15) is 66.7 Å². The van der Waals surface area contributed by atoms with E-state index in [0.717, 1.165) is 55.9 Å². The van der Waals surface area contributed by atoms with Gasteiger partial charge in [0.1, 0.15) is 0 Å². The molecule has 1 aliphatic carbocycles. The van der Waals surface area contributed by atoms with Crippen molar-refractivity contribution in [1.82, 2.24) is 0 Å². The lowest BCUT2D eigenvalue weighted by atomic mass is 10.0. The van der Waals surface area contributed by atoms with E-state index in [2.05, 4.69) is 20.8 Å². The highest BCUT2D eigenvalue weighted by Gasteiger charge is 2.53. The van der Waals surface area contributed by atoms with Gasteiger partial charge >= 0.3 is 0 Å². The fourth-order valence-electron chi connectivity index (χ4n) is 5.97. The lowest BCUT2D eigenvalue weighted by Gasteiger charge is -2.48. The van der Waals surface area contributed by atoms with Crippen molar-refractivity contribution in [3.63, 3.8) is 0 Å². The van der Waals surface area contributed by atoms with E-state index in [1.165, 1.54) is 0 Å². The number of hydrogen-bond donors (Lipinski definition) is 0. The van der Waals surface area contributed by atoms with E-state index in [-0.39, 0.29) is 11.1 Å². The predicted molar refractivity (Wildman–Crippen MR) is 133 cm³/mol. The molecule has 9 heteroatoms. The van der Waals surface area contributed by atoms with Crippen molar-refractivity contribution in [1.29, 1.82) is 0 Å². The van der Waals surface area contributed by atoms with Gasteiger partial charge in [-0.25, -0.2) is 22.0 Å². The van der Waals surface area contributed by atoms with Gasteiger partial charge in [0.05, 0.1) is 13.5 Å². The first kappa shape index (κ1) is 28.1. The summed E-state index contributed by atoms with van der Waals surface area (Å²) in [5.41, 5.74) is 0.890. The largest absolute Gasteiger partial charge is 0.539 e. The van der Waals surface area contributed by atoms with Gasteiger partial charge in [-0.2, -0.15) is 4.39 Å². The number of rotatable bonds is 9. The molecule has 1 atom stereocenters. The highest BCUT2D eigenvalue weighted by molar-refractivity contribution is 6.96. The molecular formula is C26H35F6OSi2. The topological polar surface area (TPSA) is 9.23 Å². The number of benzene rings is 2. The zero-order valence-corrected chi connectivity index (χ0v) is 23.2. The predicted octanol–water partition coefficient (Wildman–Crippen LogP) is 9.59. The quantitative estimate of drug-likeness (QED) is 0.135. The van der Waals surface area contributed by atoms with Gasteiger partial charge in [-0.05, 0) is 29.6 Å². The maximum absolute atomic E-state index is 15.7. The van der Waals surface area contributed by atoms with E-state index in [1.54, 1.807) is 6.07 Å². The minimum atomic E-state index is -2.98. The first-order chi connectivity index (χ1) is 16.5. The monoisotopic (exact) mass is 533 g/mol. The number of hydrogen-bond acceptors (Lipinski definition) is 1. The smallest absolute Gasteiger partial charge is 0.254 e. The summed E-state index contributed by atoms with van der Waals surface area (Å²) in [6, 6.07) is 4.73. The number of halogens is 6. The average molecular weight is 534 g/mol. The zero-order valence-electron chi connectivity index (χ0n) is 21.2. The van der Waals surface area contributed by atoms with Crippen LogP contribution in [0.15, 0.2) is 0 Å². The Morgan fingerprint density at radius 1 is 0.800 bits per heavy atom. The van der Waals surface area contributed by atoms with Crippen molar-refractivity contribution >= 4 is 27.2 Å².